The van der Waals surface area contributed by atoms with Crippen LogP contribution in [0, 0.1) is 6.92 Å². The Morgan fingerprint density at radius 2 is 2.16 bits per heavy atom. The molecule has 1 atom stereocenters. The Balaban J connectivity index is 1.70. The van der Waals surface area contributed by atoms with Crippen molar-refractivity contribution in [3.05, 3.63) is 23.4 Å². The zero-order chi connectivity index (χ0) is 13.2. The maximum absolute atomic E-state index is 4.74. The van der Waals surface area contributed by atoms with Gasteiger partial charge in [0.25, 0.3) is 0 Å². The van der Waals surface area contributed by atoms with Gasteiger partial charge in [-0.2, -0.15) is 0 Å². The number of nitrogens with zero attached hydrogens (tertiary/aromatic N) is 2. The van der Waals surface area contributed by atoms with Crippen LogP contribution in [0.3, 0.4) is 0 Å². The fourth-order valence-electron chi connectivity index (χ4n) is 2.99. The van der Waals surface area contributed by atoms with Crippen LogP contribution in [0.4, 0.5) is 5.82 Å². The molecule has 1 aliphatic heterocycles. The molecule has 1 unspecified atom stereocenters. The largest absolute Gasteiger partial charge is 0.354 e. The molecule has 3 heteroatoms. The van der Waals surface area contributed by atoms with E-state index < -0.39 is 0 Å². The van der Waals surface area contributed by atoms with Crippen LogP contribution in [0.15, 0.2) is 12.3 Å². The lowest BCUT2D eigenvalue weighted by atomic mass is 10.0. The summed E-state index contributed by atoms with van der Waals surface area (Å²) in [4.78, 5) is 7.22. The van der Waals surface area contributed by atoms with Crippen LogP contribution in [0.5, 0.6) is 0 Å². The van der Waals surface area contributed by atoms with E-state index in [1.165, 1.54) is 49.0 Å². The number of aromatic nitrogens is 1. The van der Waals surface area contributed by atoms with Crippen LogP contribution >= 0.6 is 0 Å². The van der Waals surface area contributed by atoms with Crippen molar-refractivity contribution in [2.24, 2.45) is 0 Å². The van der Waals surface area contributed by atoms with Crippen molar-refractivity contribution < 1.29 is 0 Å². The average molecular weight is 259 g/mol. The smallest absolute Gasteiger partial charge is 0.131 e. The molecular weight excluding hydrogens is 234 g/mol. The number of rotatable bonds is 4. The van der Waals surface area contributed by atoms with Gasteiger partial charge in [0, 0.05) is 31.4 Å². The van der Waals surface area contributed by atoms with Crippen molar-refractivity contribution in [2.45, 2.75) is 64.6 Å². The van der Waals surface area contributed by atoms with E-state index in [1.807, 2.05) is 0 Å². The van der Waals surface area contributed by atoms with Crippen LogP contribution < -0.4 is 10.2 Å². The van der Waals surface area contributed by atoms with E-state index >= 15 is 0 Å². The summed E-state index contributed by atoms with van der Waals surface area (Å²) < 4.78 is 0. The Labute approximate surface area is 116 Å². The molecule has 3 rings (SSSR count). The van der Waals surface area contributed by atoms with Crippen LogP contribution in [-0.4, -0.2) is 23.6 Å². The highest BCUT2D eigenvalue weighted by molar-refractivity contribution is 5.48. The highest BCUT2D eigenvalue weighted by Gasteiger charge is 2.22. The predicted molar refractivity (Wildman–Crippen MR) is 79.5 cm³/mol. The molecule has 3 nitrogen and oxygen atoms in total. The molecule has 1 aromatic rings. The summed E-state index contributed by atoms with van der Waals surface area (Å²) in [5.74, 6) is 1.20. The molecule has 2 heterocycles. The number of aryl methyl sites for hydroxylation is 1. The van der Waals surface area contributed by atoms with E-state index in [-0.39, 0.29) is 0 Å². The molecule has 0 aromatic carbocycles. The molecule has 2 fully saturated rings. The molecule has 1 saturated heterocycles. The Morgan fingerprint density at radius 1 is 1.32 bits per heavy atom. The number of hydrogen-bond donors (Lipinski definition) is 1. The van der Waals surface area contributed by atoms with Gasteiger partial charge in [-0.3, -0.25) is 0 Å². The molecular formula is C16H25N3. The molecule has 1 aliphatic carbocycles. The third-order valence-electron chi connectivity index (χ3n) is 4.35. The minimum Gasteiger partial charge on any atom is -0.354 e. The van der Waals surface area contributed by atoms with Gasteiger partial charge in [0.05, 0.1) is 0 Å². The molecule has 104 valence electrons. The van der Waals surface area contributed by atoms with Gasteiger partial charge in [0.1, 0.15) is 5.82 Å². The van der Waals surface area contributed by atoms with E-state index in [4.69, 9.17) is 4.98 Å². The molecule has 0 amide bonds. The van der Waals surface area contributed by atoms with Crippen molar-refractivity contribution in [3.63, 3.8) is 0 Å². The van der Waals surface area contributed by atoms with E-state index in [1.54, 1.807) is 0 Å². The number of nitrogens with one attached hydrogen (secondary N) is 1. The lowest BCUT2D eigenvalue weighted by Crippen LogP contribution is -2.38. The van der Waals surface area contributed by atoms with Crippen LogP contribution in [-0.2, 0) is 6.54 Å². The molecule has 1 aromatic heterocycles. The Morgan fingerprint density at radius 3 is 2.84 bits per heavy atom. The van der Waals surface area contributed by atoms with Gasteiger partial charge < -0.3 is 10.2 Å². The first-order valence-electron chi connectivity index (χ1n) is 7.69. The van der Waals surface area contributed by atoms with Gasteiger partial charge in [-0.25, -0.2) is 4.98 Å². The molecule has 0 bridgehead atoms. The first kappa shape index (κ1) is 12.9. The van der Waals surface area contributed by atoms with Gasteiger partial charge in [0.15, 0.2) is 0 Å². The monoisotopic (exact) mass is 259 g/mol. The van der Waals surface area contributed by atoms with Gasteiger partial charge in [-0.1, -0.05) is 0 Å². The SMILES string of the molecule is Cc1cc(CNC2CC2)cnc1N1CCCCC1C. The van der Waals surface area contributed by atoms with Crippen LogP contribution in [0.2, 0.25) is 0 Å². The summed E-state index contributed by atoms with van der Waals surface area (Å²) in [5, 5.41) is 3.55. The van der Waals surface area contributed by atoms with Gasteiger partial charge in [0.2, 0.25) is 0 Å². The van der Waals surface area contributed by atoms with Gasteiger partial charge in [-0.05, 0) is 63.1 Å². The van der Waals surface area contributed by atoms with E-state index in [2.05, 4.69) is 36.3 Å². The molecule has 0 spiro atoms. The quantitative estimate of drug-likeness (QED) is 0.901. The number of hydrogen-bond acceptors (Lipinski definition) is 3. The number of anilines is 1. The fraction of sp³-hybridized carbons (Fsp3) is 0.688. The predicted octanol–water partition coefficient (Wildman–Crippen LogP) is 3.02. The molecule has 2 aliphatic rings. The topological polar surface area (TPSA) is 28.2 Å². The van der Waals surface area contributed by atoms with Crippen molar-refractivity contribution in [2.75, 3.05) is 11.4 Å². The summed E-state index contributed by atoms with van der Waals surface area (Å²) in [6, 6.07) is 3.71. The zero-order valence-corrected chi connectivity index (χ0v) is 12.2. The van der Waals surface area contributed by atoms with E-state index in [0.717, 1.165) is 19.1 Å². The normalized spacial score (nSPS) is 23.7. The third-order valence-corrected chi connectivity index (χ3v) is 4.35. The maximum Gasteiger partial charge on any atom is 0.131 e. The van der Waals surface area contributed by atoms with Gasteiger partial charge in [-0.15, -0.1) is 0 Å². The minimum absolute atomic E-state index is 0.635. The zero-order valence-electron chi connectivity index (χ0n) is 12.2. The van der Waals surface area contributed by atoms with E-state index in [0.29, 0.717) is 6.04 Å². The highest BCUT2D eigenvalue weighted by Crippen LogP contribution is 2.26. The van der Waals surface area contributed by atoms with Crippen LogP contribution in [0.25, 0.3) is 0 Å². The van der Waals surface area contributed by atoms with Gasteiger partial charge >= 0.3 is 0 Å². The summed E-state index contributed by atoms with van der Waals surface area (Å²) in [7, 11) is 0. The standard InChI is InChI=1S/C16H25N3/c1-12-9-14(10-17-15-6-7-15)11-18-16(12)19-8-4-3-5-13(19)2/h9,11,13,15,17H,3-8,10H2,1-2H3. The molecule has 1 saturated carbocycles. The second kappa shape index (κ2) is 5.49. The Hall–Kier alpha value is -1.09. The lowest BCUT2D eigenvalue weighted by Gasteiger charge is -2.35. The lowest BCUT2D eigenvalue weighted by molar-refractivity contribution is 0.480. The summed E-state index contributed by atoms with van der Waals surface area (Å²) in [6.45, 7) is 6.65. The number of pyridine rings is 1. The summed E-state index contributed by atoms with van der Waals surface area (Å²) in [5.41, 5.74) is 2.64. The first-order valence-corrected chi connectivity index (χ1v) is 7.69. The van der Waals surface area contributed by atoms with Crippen molar-refractivity contribution in [1.29, 1.82) is 0 Å². The summed E-state index contributed by atoms with van der Waals surface area (Å²) in [6.07, 6.45) is 8.70. The highest BCUT2D eigenvalue weighted by atomic mass is 15.2. The average Bonchev–Trinajstić information content (AvgIpc) is 3.22. The second-order valence-corrected chi connectivity index (χ2v) is 6.18. The van der Waals surface area contributed by atoms with Crippen LogP contribution in [0.1, 0.15) is 50.2 Å². The Kier molecular flexibility index (Phi) is 3.74. The first-order chi connectivity index (χ1) is 9.24. The van der Waals surface area contributed by atoms with E-state index in [9.17, 15) is 0 Å². The molecule has 19 heavy (non-hydrogen) atoms. The fourth-order valence-corrected chi connectivity index (χ4v) is 2.99. The summed E-state index contributed by atoms with van der Waals surface area (Å²) >= 11 is 0. The Bertz CT molecular complexity index is 440. The molecule has 0 radical (unpaired) electrons. The minimum atomic E-state index is 0.635. The molecule has 1 N–H and O–H groups in total. The third kappa shape index (κ3) is 3.08. The number of piperidine rings is 1. The van der Waals surface area contributed by atoms with Crippen molar-refractivity contribution >= 4 is 5.82 Å². The van der Waals surface area contributed by atoms with Crippen molar-refractivity contribution in [3.8, 4) is 0 Å². The second-order valence-electron chi connectivity index (χ2n) is 6.18. The van der Waals surface area contributed by atoms with Crippen molar-refractivity contribution in [1.82, 2.24) is 10.3 Å². The maximum atomic E-state index is 4.74.